The number of benzene rings is 2. The van der Waals surface area contributed by atoms with Gasteiger partial charge in [0.1, 0.15) is 18.3 Å². The van der Waals surface area contributed by atoms with Crippen LogP contribution in [0, 0.1) is 0 Å². The summed E-state index contributed by atoms with van der Waals surface area (Å²) in [7, 11) is -3.99. The summed E-state index contributed by atoms with van der Waals surface area (Å²) in [4.78, 5) is 24.9. The second-order valence-electron chi connectivity index (χ2n) is 7.74. The highest BCUT2D eigenvalue weighted by Crippen LogP contribution is 2.31. The molecule has 0 radical (unpaired) electrons. The maximum absolute atomic E-state index is 13.1. The van der Waals surface area contributed by atoms with Crippen LogP contribution in [-0.2, 0) is 15.4 Å². The quantitative estimate of drug-likeness (QED) is 0.386. The number of anilines is 1. The van der Waals surface area contributed by atoms with Crippen LogP contribution < -0.4 is 4.72 Å². The van der Waals surface area contributed by atoms with E-state index in [1.807, 2.05) is 13.8 Å². The summed E-state index contributed by atoms with van der Waals surface area (Å²) in [5, 5.41) is 0.287. The van der Waals surface area contributed by atoms with Gasteiger partial charge < -0.3 is 4.42 Å². The number of carbonyl (C=O) groups excluding carboxylic acids is 1. The summed E-state index contributed by atoms with van der Waals surface area (Å²) >= 11 is 6.07. The highest BCUT2D eigenvalue weighted by Gasteiger charge is 2.27. The van der Waals surface area contributed by atoms with Gasteiger partial charge in [0.2, 0.25) is 5.78 Å². The number of nitrogens with zero attached hydrogens (tertiary/aromatic N) is 3. The molecule has 0 aliphatic carbocycles. The average molecular weight is 483 g/mol. The van der Waals surface area contributed by atoms with E-state index in [0.717, 1.165) is 11.3 Å². The van der Waals surface area contributed by atoms with Gasteiger partial charge in [-0.3, -0.25) is 9.52 Å². The molecule has 2 aromatic carbocycles. The van der Waals surface area contributed by atoms with Crippen molar-refractivity contribution in [2.24, 2.45) is 0 Å². The lowest BCUT2D eigenvalue weighted by Crippen LogP contribution is -2.20. The van der Waals surface area contributed by atoms with Crippen LogP contribution >= 0.6 is 11.6 Å². The molecule has 0 amide bonds. The van der Waals surface area contributed by atoms with Crippen LogP contribution in [0.25, 0.3) is 0 Å². The Morgan fingerprint density at radius 2 is 1.82 bits per heavy atom. The Kier molecular flexibility index (Phi) is 6.01. The predicted octanol–water partition coefficient (Wildman–Crippen LogP) is 4.48. The number of nitrogens with one attached hydrogen (secondary N) is 1. The fourth-order valence-corrected chi connectivity index (χ4v) is 4.53. The zero-order valence-corrected chi connectivity index (χ0v) is 19.3. The van der Waals surface area contributed by atoms with Crippen molar-refractivity contribution in [1.29, 1.82) is 0 Å². The van der Waals surface area contributed by atoms with Crippen molar-refractivity contribution in [2.45, 2.75) is 24.2 Å². The fourth-order valence-electron chi connectivity index (χ4n) is 3.28. The number of hydrogen-bond donors (Lipinski definition) is 1. The van der Waals surface area contributed by atoms with Crippen LogP contribution in [0.15, 0.2) is 83.0 Å². The van der Waals surface area contributed by atoms with Crippen molar-refractivity contribution in [2.75, 3.05) is 4.72 Å². The number of sulfonamides is 1. The third-order valence-electron chi connectivity index (χ3n) is 5.24. The Bertz CT molecular complexity index is 1390. The Morgan fingerprint density at radius 3 is 2.45 bits per heavy atom. The standard InChI is InChI=1S/C23H19ClN4O4S/c1-23(2,21-12-32-14-27-21)15-3-6-17(7-4-15)33(30,31)28-19-8-5-16(24)11-18(19)22(29)20-9-10-25-13-26-20/h3-14,28H,1-2H3. The highest BCUT2D eigenvalue weighted by molar-refractivity contribution is 7.92. The van der Waals surface area contributed by atoms with Crippen LogP contribution in [0.1, 0.15) is 41.2 Å². The molecule has 8 nitrogen and oxygen atoms in total. The topological polar surface area (TPSA) is 115 Å². The number of rotatable bonds is 7. The molecule has 0 atom stereocenters. The number of oxazole rings is 1. The summed E-state index contributed by atoms with van der Waals surface area (Å²) < 4.78 is 33.7. The smallest absolute Gasteiger partial charge is 0.261 e. The van der Waals surface area contributed by atoms with Crippen LogP contribution in [0.4, 0.5) is 5.69 Å². The number of aromatic nitrogens is 3. The van der Waals surface area contributed by atoms with Crippen molar-refractivity contribution < 1.29 is 17.6 Å². The minimum Gasteiger partial charge on any atom is -0.451 e. The Balaban J connectivity index is 1.64. The molecule has 0 aliphatic rings. The van der Waals surface area contributed by atoms with Crippen molar-refractivity contribution in [3.05, 3.63) is 101 Å². The van der Waals surface area contributed by atoms with Gasteiger partial charge in [-0.2, -0.15) is 0 Å². The first-order valence-electron chi connectivity index (χ1n) is 9.81. The number of ketones is 1. The first-order chi connectivity index (χ1) is 15.7. The first-order valence-corrected chi connectivity index (χ1v) is 11.7. The summed E-state index contributed by atoms with van der Waals surface area (Å²) in [5.41, 5.74) is 1.40. The molecule has 0 spiro atoms. The lowest BCUT2D eigenvalue weighted by molar-refractivity contribution is 0.103. The van der Waals surface area contributed by atoms with E-state index in [-0.39, 0.29) is 26.9 Å². The third-order valence-corrected chi connectivity index (χ3v) is 6.86. The van der Waals surface area contributed by atoms with Gasteiger partial charge in [0.15, 0.2) is 6.39 Å². The molecule has 4 rings (SSSR count). The van der Waals surface area contributed by atoms with Gasteiger partial charge in [0.25, 0.3) is 10.0 Å². The predicted molar refractivity (Wildman–Crippen MR) is 123 cm³/mol. The summed E-state index contributed by atoms with van der Waals surface area (Å²) in [6, 6.07) is 12.2. The molecule has 0 saturated heterocycles. The van der Waals surface area contributed by atoms with E-state index in [1.165, 1.54) is 55.3 Å². The van der Waals surface area contributed by atoms with E-state index in [0.29, 0.717) is 0 Å². The zero-order valence-electron chi connectivity index (χ0n) is 17.7. The Labute approximate surface area is 195 Å². The van der Waals surface area contributed by atoms with E-state index in [9.17, 15) is 13.2 Å². The molecular formula is C23H19ClN4O4S. The molecule has 2 aromatic heterocycles. The summed E-state index contributed by atoms with van der Waals surface area (Å²) in [5.74, 6) is -0.484. The monoisotopic (exact) mass is 482 g/mol. The number of hydrogen-bond acceptors (Lipinski definition) is 7. The Morgan fingerprint density at radius 1 is 1.06 bits per heavy atom. The maximum atomic E-state index is 13.1. The molecule has 168 valence electrons. The molecule has 0 unspecified atom stereocenters. The van der Waals surface area contributed by atoms with Crippen molar-refractivity contribution in [3.8, 4) is 0 Å². The zero-order chi connectivity index (χ0) is 23.6. The molecular weight excluding hydrogens is 464 g/mol. The van der Waals surface area contributed by atoms with Crippen molar-refractivity contribution in [1.82, 2.24) is 15.0 Å². The molecule has 0 fully saturated rings. The Hall–Kier alpha value is -3.56. The second kappa shape index (κ2) is 8.76. The SMILES string of the molecule is CC(C)(c1ccc(S(=O)(=O)Nc2ccc(Cl)cc2C(=O)c2ccncn2)cc1)c1cocn1. The highest BCUT2D eigenvalue weighted by atomic mass is 35.5. The van der Waals surface area contributed by atoms with Crippen LogP contribution in [0.3, 0.4) is 0 Å². The lowest BCUT2D eigenvalue weighted by atomic mass is 9.82. The molecule has 0 saturated carbocycles. The van der Waals surface area contributed by atoms with E-state index < -0.39 is 21.2 Å². The van der Waals surface area contributed by atoms with E-state index in [2.05, 4.69) is 19.7 Å². The van der Waals surface area contributed by atoms with E-state index in [1.54, 1.807) is 18.4 Å². The molecule has 4 aromatic rings. The van der Waals surface area contributed by atoms with Gasteiger partial charge >= 0.3 is 0 Å². The second-order valence-corrected chi connectivity index (χ2v) is 9.86. The maximum Gasteiger partial charge on any atom is 0.261 e. The van der Waals surface area contributed by atoms with Crippen LogP contribution in [-0.4, -0.2) is 29.2 Å². The summed E-state index contributed by atoms with van der Waals surface area (Å²) in [6.07, 6.45) is 5.58. The van der Waals surface area contributed by atoms with E-state index in [4.69, 9.17) is 16.0 Å². The molecule has 33 heavy (non-hydrogen) atoms. The van der Waals surface area contributed by atoms with Crippen molar-refractivity contribution >= 4 is 33.1 Å². The fraction of sp³-hybridized carbons (Fsp3) is 0.130. The van der Waals surface area contributed by atoms with Gasteiger partial charge in [0, 0.05) is 22.2 Å². The number of halogens is 1. The lowest BCUT2D eigenvalue weighted by Gasteiger charge is -2.22. The van der Waals surface area contributed by atoms with Gasteiger partial charge in [-0.05, 0) is 42.0 Å². The normalized spacial score (nSPS) is 11.8. The molecule has 2 heterocycles. The molecule has 1 N–H and O–H groups in total. The van der Waals surface area contributed by atoms with E-state index >= 15 is 0 Å². The van der Waals surface area contributed by atoms with Crippen LogP contribution in [0.5, 0.6) is 0 Å². The van der Waals surface area contributed by atoms with Gasteiger partial charge in [-0.25, -0.2) is 23.4 Å². The van der Waals surface area contributed by atoms with Gasteiger partial charge in [0.05, 0.1) is 16.3 Å². The van der Waals surface area contributed by atoms with Gasteiger partial charge in [-0.15, -0.1) is 0 Å². The summed E-state index contributed by atoms with van der Waals surface area (Å²) in [6.45, 7) is 3.93. The molecule has 0 aliphatic heterocycles. The van der Waals surface area contributed by atoms with Gasteiger partial charge in [-0.1, -0.05) is 37.6 Å². The average Bonchev–Trinajstić information content (AvgIpc) is 3.36. The molecule has 10 heteroatoms. The van der Waals surface area contributed by atoms with Crippen molar-refractivity contribution in [3.63, 3.8) is 0 Å². The largest absolute Gasteiger partial charge is 0.451 e. The minimum atomic E-state index is -3.99. The molecule has 0 bridgehead atoms. The third kappa shape index (κ3) is 4.64. The van der Waals surface area contributed by atoms with Crippen LogP contribution in [0.2, 0.25) is 5.02 Å². The minimum absolute atomic E-state index is 0.0394. The number of carbonyl (C=O) groups is 1. The first kappa shape index (κ1) is 22.6.